The SMILES string of the molecule is Cc1ccc(S(=O)(=O)N(CC(=O)N/N=C\c2ccc(OC(=O)c3ccccc3)cc2)c2ccc(Cl)cc2C)cc1. The molecular weight excluding hydrogens is 550 g/mol. The van der Waals surface area contributed by atoms with Crippen molar-refractivity contribution in [3.8, 4) is 5.75 Å². The number of hydrazone groups is 1. The zero-order valence-electron chi connectivity index (χ0n) is 21.7. The number of carbonyl (C=O) groups excluding carboxylic acids is 2. The zero-order valence-corrected chi connectivity index (χ0v) is 23.3. The van der Waals surface area contributed by atoms with Crippen LogP contribution in [0.4, 0.5) is 5.69 Å². The molecule has 0 radical (unpaired) electrons. The van der Waals surface area contributed by atoms with Gasteiger partial charge in [-0.1, -0.05) is 47.5 Å². The van der Waals surface area contributed by atoms with E-state index in [0.29, 0.717) is 33.1 Å². The molecule has 0 aliphatic carbocycles. The topological polar surface area (TPSA) is 105 Å². The number of hydrogen-bond acceptors (Lipinski definition) is 6. The molecule has 0 atom stereocenters. The highest BCUT2D eigenvalue weighted by atomic mass is 35.5. The average Bonchev–Trinajstić information content (AvgIpc) is 2.94. The van der Waals surface area contributed by atoms with Crippen molar-refractivity contribution in [1.82, 2.24) is 5.43 Å². The maximum atomic E-state index is 13.5. The molecule has 0 aliphatic rings. The van der Waals surface area contributed by atoms with Crippen LogP contribution >= 0.6 is 11.6 Å². The molecule has 1 amide bonds. The van der Waals surface area contributed by atoms with Gasteiger partial charge in [0.05, 0.1) is 22.4 Å². The summed E-state index contributed by atoms with van der Waals surface area (Å²) < 4.78 is 33.5. The molecule has 0 spiro atoms. The molecular formula is C30H26ClN3O5S. The molecule has 0 bridgehead atoms. The molecule has 0 fully saturated rings. The van der Waals surface area contributed by atoms with E-state index in [2.05, 4.69) is 10.5 Å². The maximum Gasteiger partial charge on any atom is 0.343 e. The average molecular weight is 576 g/mol. The third-order valence-electron chi connectivity index (χ3n) is 5.83. The van der Waals surface area contributed by atoms with Crippen LogP contribution in [0.25, 0.3) is 0 Å². The van der Waals surface area contributed by atoms with Gasteiger partial charge in [0.1, 0.15) is 12.3 Å². The van der Waals surface area contributed by atoms with Gasteiger partial charge in [0.25, 0.3) is 15.9 Å². The smallest absolute Gasteiger partial charge is 0.343 e. The maximum absolute atomic E-state index is 13.5. The molecule has 1 N–H and O–H groups in total. The largest absolute Gasteiger partial charge is 0.423 e. The lowest BCUT2D eigenvalue weighted by Crippen LogP contribution is -2.40. The fourth-order valence-electron chi connectivity index (χ4n) is 3.74. The van der Waals surface area contributed by atoms with Crippen LogP contribution in [-0.2, 0) is 14.8 Å². The van der Waals surface area contributed by atoms with Gasteiger partial charge in [-0.05, 0) is 91.7 Å². The summed E-state index contributed by atoms with van der Waals surface area (Å²) in [5.41, 5.74) is 5.25. The Hall–Kier alpha value is -4.47. The van der Waals surface area contributed by atoms with Gasteiger partial charge in [-0.15, -0.1) is 0 Å². The molecule has 4 aromatic rings. The van der Waals surface area contributed by atoms with Crippen molar-refractivity contribution in [3.63, 3.8) is 0 Å². The van der Waals surface area contributed by atoms with E-state index in [0.717, 1.165) is 9.87 Å². The van der Waals surface area contributed by atoms with E-state index in [9.17, 15) is 18.0 Å². The molecule has 0 heterocycles. The first-order valence-corrected chi connectivity index (χ1v) is 14.0. The van der Waals surface area contributed by atoms with Crippen molar-refractivity contribution in [3.05, 3.63) is 124 Å². The number of aryl methyl sites for hydroxylation is 2. The Morgan fingerprint density at radius 2 is 1.60 bits per heavy atom. The number of nitrogens with one attached hydrogen (secondary N) is 1. The Morgan fingerprint density at radius 1 is 0.925 bits per heavy atom. The number of amides is 1. The van der Waals surface area contributed by atoms with Gasteiger partial charge in [-0.25, -0.2) is 18.6 Å². The van der Waals surface area contributed by atoms with Gasteiger partial charge < -0.3 is 4.74 Å². The summed E-state index contributed by atoms with van der Waals surface area (Å²) in [4.78, 5) is 25.1. The quantitative estimate of drug-likeness (QED) is 0.122. The Balaban J connectivity index is 1.45. The second kappa shape index (κ2) is 12.6. The molecule has 0 aromatic heterocycles. The van der Waals surface area contributed by atoms with Gasteiger partial charge in [-0.3, -0.25) is 9.10 Å². The van der Waals surface area contributed by atoms with Crippen molar-refractivity contribution in [2.24, 2.45) is 5.10 Å². The number of sulfonamides is 1. The number of carbonyl (C=O) groups is 2. The molecule has 204 valence electrons. The van der Waals surface area contributed by atoms with Crippen molar-refractivity contribution in [2.75, 3.05) is 10.8 Å². The highest BCUT2D eigenvalue weighted by Gasteiger charge is 2.28. The summed E-state index contributed by atoms with van der Waals surface area (Å²) >= 11 is 6.07. The predicted octanol–water partition coefficient (Wildman–Crippen LogP) is 5.52. The number of ether oxygens (including phenoxy) is 1. The standard InChI is InChI=1S/C30H26ClN3O5S/c1-21-8-15-27(16-9-21)40(37,38)34(28-17-12-25(31)18-22(28)2)20-29(35)33-32-19-23-10-13-26(14-11-23)39-30(36)24-6-4-3-5-7-24/h3-19H,20H2,1-2H3,(H,33,35)/b32-19-. The van der Waals surface area contributed by atoms with Crippen LogP contribution in [0.3, 0.4) is 0 Å². The van der Waals surface area contributed by atoms with E-state index in [-0.39, 0.29) is 4.90 Å². The third-order valence-corrected chi connectivity index (χ3v) is 7.84. The lowest BCUT2D eigenvalue weighted by molar-refractivity contribution is -0.119. The zero-order chi connectivity index (χ0) is 28.7. The van der Waals surface area contributed by atoms with Crippen LogP contribution in [0.2, 0.25) is 5.02 Å². The van der Waals surface area contributed by atoms with E-state index in [1.807, 2.05) is 13.0 Å². The highest BCUT2D eigenvalue weighted by Crippen LogP contribution is 2.29. The Kier molecular flexibility index (Phi) is 8.98. The number of rotatable bonds is 9. The summed E-state index contributed by atoms with van der Waals surface area (Å²) in [6, 6.07) is 26.3. The van der Waals surface area contributed by atoms with Crippen LogP contribution < -0.4 is 14.5 Å². The minimum absolute atomic E-state index is 0.0526. The number of benzene rings is 4. The van der Waals surface area contributed by atoms with Crippen molar-refractivity contribution >= 4 is 45.4 Å². The van der Waals surface area contributed by atoms with E-state index >= 15 is 0 Å². The fraction of sp³-hybridized carbons (Fsp3) is 0.100. The first kappa shape index (κ1) is 28.5. The Morgan fingerprint density at radius 3 is 2.25 bits per heavy atom. The summed E-state index contributed by atoms with van der Waals surface area (Å²) in [5.74, 6) is -0.768. The second-order valence-corrected chi connectivity index (χ2v) is 11.2. The molecule has 40 heavy (non-hydrogen) atoms. The van der Waals surface area contributed by atoms with Crippen LogP contribution in [0.15, 0.2) is 107 Å². The fourth-order valence-corrected chi connectivity index (χ4v) is 5.45. The van der Waals surface area contributed by atoms with Gasteiger partial charge in [0.15, 0.2) is 0 Å². The summed E-state index contributed by atoms with van der Waals surface area (Å²) in [5, 5.41) is 4.40. The summed E-state index contributed by atoms with van der Waals surface area (Å²) in [6.45, 7) is 3.06. The number of esters is 1. The predicted molar refractivity (Wildman–Crippen MR) is 155 cm³/mol. The lowest BCUT2D eigenvalue weighted by atomic mass is 10.2. The first-order valence-electron chi connectivity index (χ1n) is 12.2. The molecule has 0 aliphatic heterocycles. The van der Waals surface area contributed by atoms with E-state index < -0.39 is 28.4 Å². The molecule has 4 aromatic carbocycles. The number of anilines is 1. The molecule has 4 rings (SSSR count). The molecule has 0 unspecified atom stereocenters. The van der Waals surface area contributed by atoms with Crippen LogP contribution in [0.1, 0.15) is 27.0 Å². The van der Waals surface area contributed by atoms with E-state index in [4.69, 9.17) is 16.3 Å². The molecule has 0 saturated carbocycles. The molecule has 10 heteroatoms. The number of hydrogen-bond donors (Lipinski definition) is 1. The molecule has 8 nitrogen and oxygen atoms in total. The summed E-state index contributed by atoms with van der Waals surface area (Å²) in [6.07, 6.45) is 1.40. The van der Waals surface area contributed by atoms with Crippen LogP contribution in [0.5, 0.6) is 5.75 Å². The van der Waals surface area contributed by atoms with Crippen LogP contribution in [-0.4, -0.2) is 33.1 Å². The van der Waals surface area contributed by atoms with Gasteiger partial charge in [0, 0.05) is 5.02 Å². The minimum Gasteiger partial charge on any atom is -0.423 e. The summed E-state index contributed by atoms with van der Waals surface area (Å²) in [7, 11) is -4.08. The first-order chi connectivity index (χ1) is 19.1. The Labute approximate surface area is 237 Å². The number of nitrogens with zero attached hydrogens (tertiary/aromatic N) is 2. The second-order valence-electron chi connectivity index (χ2n) is 8.87. The van der Waals surface area contributed by atoms with Gasteiger partial charge >= 0.3 is 5.97 Å². The monoisotopic (exact) mass is 575 g/mol. The van der Waals surface area contributed by atoms with Crippen LogP contribution in [0, 0.1) is 13.8 Å². The number of halogens is 1. The van der Waals surface area contributed by atoms with Gasteiger partial charge in [-0.2, -0.15) is 5.10 Å². The van der Waals surface area contributed by atoms with E-state index in [1.54, 1.807) is 85.8 Å². The molecule has 0 saturated heterocycles. The third kappa shape index (κ3) is 7.13. The highest BCUT2D eigenvalue weighted by molar-refractivity contribution is 7.92. The van der Waals surface area contributed by atoms with Crippen molar-refractivity contribution in [1.29, 1.82) is 0 Å². The lowest BCUT2D eigenvalue weighted by Gasteiger charge is -2.25. The van der Waals surface area contributed by atoms with Gasteiger partial charge in [0.2, 0.25) is 0 Å². The minimum atomic E-state index is -4.08. The van der Waals surface area contributed by atoms with Crippen molar-refractivity contribution < 1.29 is 22.7 Å². The van der Waals surface area contributed by atoms with E-state index in [1.165, 1.54) is 18.3 Å². The Bertz CT molecular complexity index is 1640. The normalized spacial score (nSPS) is 11.3. The van der Waals surface area contributed by atoms with Crippen molar-refractivity contribution in [2.45, 2.75) is 18.7 Å².